The molecule has 0 amide bonds. The summed E-state index contributed by atoms with van der Waals surface area (Å²) in [5.74, 6) is 1.08. The molecule has 0 bridgehead atoms. The lowest BCUT2D eigenvalue weighted by atomic mass is 10.2. The number of oxazole rings is 1. The molecular weight excluding hydrogens is 208 g/mol. The maximum Gasteiger partial charge on any atom is 0.255 e. The number of aryl methyl sites for hydroxylation is 1. The number of nitrogens with zero attached hydrogens (tertiary/aromatic N) is 1. The lowest BCUT2D eigenvalue weighted by molar-refractivity contribution is 0.453. The summed E-state index contributed by atoms with van der Waals surface area (Å²) in [6.45, 7) is 7.36. The second-order valence-corrected chi connectivity index (χ2v) is 4.75. The first-order valence-electron chi connectivity index (χ1n) is 5.50. The number of nitrogens with one attached hydrogen (secondary N) is 1. The second-order valence-electron chi connectivity index (χ2n) is 3.70. The van der Waals surface area contributed by atoms with Crippen LogP contribution in [0.1, 0.15) is 32.4 Å². The Balaban J connectivity index is 2.06. The lowest BCUT2D eigenvalue weighted by Gasteiger charge is -2.10. The summed E-state index contributed by atoms with van der Waals surface area (Å²) >= 11 is 1.70. The van der Waals surface area contributed by atoms with Gasteiger partial charge >= 0.3 is 0 Å². The molecule has 1 aromatic heterocycles. The molecule has 0 aliphatic carbocycles. The third-order valence-corrected chi connectivity index (χ3v) is 3.08. The highest BCUT2D eigenvalue weighted by atomic mass is 32.2. The zero-order valence-corrected chi connectivity index (χ0v) is 10.6. The highest BCUT2D eigenvalue weighted by Crippen LogP contribution is 2.18. The van der Waals surface area contributed by atoms with Crippen LogP contribution < -0.4 is 5.32 Å². The Morgan fingerprint density at radius 3 is 3.00 bits per heavy atom. The fourth-order valence-corrected chi connectivity index (χ4v) is 2.21. The lowest BCUT2D eigenvalue weighted by Crippen LogP contribution is -2.25. The van der Waals surface area contributed by atoms with E-state index >= 15 is 0 Å². The van der Waals surface area contributed by atoms with E-state index in [0.717, 1.165) is 23.2 Å². The molecule has 0 saturated heterocycles. The summed E-state index contributed by atoms with van der Waals surface area (Å²) in [4.78, 5) is 4.24. The quantitative estimate of drug-likeness (QED) is 0.575. The third kappa shape index (κ3) is 5.23. The molecule has 0 aromatic carbocycles. The molecule has 1 atom stereocenters. The molecule has 1 rings (SSSR count). The molecule has 1 unspecified atom stereocenters. The monoisotopic (exact) mass is 228 g/mol. The zero-order chi connectivity index (χ0) is 11.1. The van der Waals surface area contributed by atoms with Gasteiger partial charge in [-0.3, -0.25) is 0 Å². The summed E-state index contributed by atoms with van der Waals surface area (Å²) in [7, 11) is 0. The number of hydrogen-bond donors (Lipinski definition) is 1. The van der Waals surface area contributed by atoms with Gasteiger partial charge in [0.15, 0.2) is 0 Å². The molecule has 0 saturated carbocycles. The van der Waals surface area contributed by atoms with Gasteiger partial charge in [-0.05, 0) is 33.2 Å². The number of hydrogen-bond acceptors (Lipinski definition) is 4. The van der Waals surface area contributed by atoms with Crippen molar-refractivity contribution in [3.63, 3.8) is 0 Å². The van der Waals surface area contributed by atoms with Gasteiger partial charge in [-0.2, -0.15) is 0 Å². The molecule has 0 spiro atoms. The average Bonchev–Trinajstić information content (AvgIpc) is 2.60. The Bertz CT molecular complexity index is 275. The Kier molecular flexibility index (Phi) is 5.79. The van der Waals surface area contributed by atoms with Crippen LogP contribution in [0.3, 0.4) is 0 Å². The first-order chi connectivity index (χ1) is 7.22. The Labute approximate surface area is 96.0 Å². The number of thioether (sulfide) groups is 1. The van der Waals surface area contributed by atoms with Crippen molar-refractivity contribution in [2.45, 2.75) is 44.9 Å². The van der Waals surface area contributed by atoms with E-state index in [1.807, 2.05) is 6.92 Å². The molecule has 4 heteroatoms. The van der Waals surface area contributed by atoms with Crippen molar-refractivity contribution < 1.29 is 4.42 Å². The smallest absolute Gasteiger partial charge is 0.255 e. The van der Waals surface area contributed by atoms with Crippen LogP contribution in [0.4, 0.5) is 0 Å². The SMILES string of the molecule is CCNC(C)CCCSc1nc(C)co1. The molecule has 15 heavy (non-hydrogen) atoms. The van der Waals surface area contributed by atoms with E-state index in [9.17, 15) is 0 Å². The topological polar surface area (TPSA) is 38.1 Å². The van der Waals surface area contributed by atoms with E-state index in [4.69, 9.17) is 4.42 Å². The van der Waals surface area contributed by atoms with Crippen LogP contribution in [-0.4, -0.2) is 23.3 Å². The minimum atomic E-state index is 0.613. The predicted octanol–water partition coefficient (Wildman–Crippen LogP) is 2.85. The summed E-state index contributed by atoms with van der Waals surface area (Å²) in [5.41, 5.74) is 0.957. The van der Waals surface area contributed by atoms with Gasteiger partial charge in [-0.15, -0.1) is 0 Å². The average molecular weight is 228 g/mol. The fraction of sp³-hybridized carbons (Fsp3) is 0.727. The van der Waals surface area contributed by atoms with Crippen molar-refractivity contribution in [1.29, 1.82) is 0 Å². The second kappa shape index (κ2) is 6.90. The largest absolute Gasteiger partial charge is 0.440 e. The molecule has 1 aromatic rings. The van der Waals surface area contributed by atoms with E-state index in [2.05, 4.69) is 24.1 Å². The first-order valence-corrected chi connectivity index (χ1v) is 6.49. The van der Waals surface area contributed by atoms with Crippen LogP contribution in [0.15, 0.2) is 15.9 Å². The maximum atomic E-state index is 5.26. The van der Waals surface area contributed by atoms with Crippen LogP contribution in [0.25, 0.3) is 0 Å². The van der Waals surface area contributed by atoms with Crippen molar-refractivity contribution in [2.24, 2.45) is 0 Å². The third-order valence-electron chi connectivity index (χ3n) is 2.16. The van der Waals surface area contributed by atoms with Crippen LogP contribution >= 0.6 is 11.8 Å². The van der Waals surface area contributed by atoms with Gasteiger partial charge in [0.1, 0.15) is 6.26 Å². The van der Waals surface area contributed by atoms with E-state index < -0.39 is 0 Å². The van der Waals surface area contributed by atoms with E-state index in [-0.39, 0.29) is 0 Å². The van der Waals surface area contributed by atoms with Crippen LogP contribution in [0.2, 0.25) is 0 Å². The van der Waals surface area contributed by atoms with Gasteiger partial charge in [-0.25, -0.2) is 4.98 Å². The van der Waals surface area contributed by atoms with Gasteiger partial charge in [0.2, 0.25) is 0 Å². The van der Waals surface area contributed by atoms with Gasteiger partial charge in [-0.1, -0.05) is 18.7 Å². The molecule has 1 heterocycles. The molecule has 0 radical (unpaired) electrons. The van der Waals surface area contributed by atoms with E-state index in [1.54, 1.807) is 18.0 Å². The van der Waals surface area contributed by atoms with Gasteiger partial charge in [0, 0.05) is 11.8 Å². The van der Waals surface area contributed by atoms with Crippen molar-refractivity contribution in [2.75, 3.05) is 12.3 Å². The minimum Gasteiger partial charge on any atom is -0.440 e. The van der Waals surface area contributed by atoms with Crippen LogP contribution in [-0.2, 0) is 0 Å². The van der Waals surface area contributed by atoms with Crippen molar-refractivity contribution in [1.82, 2.24) is 10.3 Å². The van der Waals surface area contributed by atoms with Crippen LogP contribution in [0.5, 0.6) is 0 Å². The zero-order valence-electron chi connectivity index (χ0n) is 9.75. The summed E-state index contributed by atoms with van der Waals surface area (Å²) in [6.07, 6.45) is 4.10. The molecule has 86 valence electrons. The van der Waals surface area contributed by atoms with Crippen molar-refractivity contribution in [3.05, 3.63) is 12.0 Å². The Morgan fingerprint density at radius 2 is 2.40 bits per heavy atom. The predicted molar refractivity (Wildman–Crippen MR) is 64.3 cm³/mol. The highest BCUT2D eigenvalue weighted by Gasteiger charge is 2.03. The fourth-order valence-electron chi connectivity index (χ4n) is 1.40. The van der Waals surface area contributed by atoms with E-state index in [1.165, 1.54) is 12.8 Å². The molecule has 3 nitrogen and oxygen atoms in total. The standard InChI is InChI=1S/C11H20N2OS/c1-4-12-9(2)6-5-7-15-11-13-10(3)8-14-11/h8-9,12H,4-7H2,1-3H3. The highest BCUT2D eigenvalue weighted by molar-refractivity contribution is 7.99. The van der Waals surface area contributed by atoms with Crippen molar-refractivity contribution in [3.8, 4) is 0 Å². The Morgan fingerprint density at radius 1 is 1.60 bits per heavy atom. The van der Waals surface area contributed by atoms with Crippen LogP contribution in [0, 0.1) is 6.92 Å². The number of aromatic nitrogens is 1. The van der Waals surface area contributed by atoms with E-state index in [0.29, 0.717) is 6.04 Å². The molecule has 0 aliphatic heterocycles. The molecular formula is C11H20N2OS. The maximum absolute atomic E-state index is 5.26. The van der Waals surface area contributed by atoms with Crippen molar-refractivity contribution >= 4 is 11.8 Å². The van der Waals surface area contributed by atoms with Gasteiger partial charge in [0.25, 0.3) is 5.22 Å². The van der Waals surface area contributed by atoms with Gasteiger partial charge < -0.3 is 9.73 Å². The summed E-state index contributed by atoms with van der Waals surface area (Å²) in [5, 5.41) is 4.19. The summed E-state index contributed by atoms with van der Waals surface area (Å²) in [6, 6.07) is 0.613. The molecule has 0 fully saturated rings. The van der Waals surface area contributed by atoms with Gasteiger partial charge in [0.05, 0.1) is 5.69 Å². The minimum absolute atomic E-state index is 0.613. The molecule has 1 N–H and O–H groups in total. The normalized spacial score (nSPS) is 13.0. The first kappa shape index (κ1) is 12.6. The molecule has 0 aliphatic rings. The summed E-state index contributed by atoms with van der Waals surface area (Å²) < 4.78 is 5.26. The Hall–Kier alpha value is -0.480. The number of rotatable bonds is 7.